The zero-order valence-electron chi connectivity index (χ0n) is 3.55. The molecular weight excluding hydrogens is 291 g/mol. The Kier molecular flexibility index (Phi) is 278. The van der Waals surface area contributed by atoms with Crippen LogP contribution in [0.3, 0.4) is 0 Å². The smallest absolute Gasteiger partial charge is 1.00 e. The van der Waals surface area contributed by atoms with E-state index in [1.54, 1.807) is 0 Å². The second kappa shape index (κ2) is 34.7. The molecule has 6 heavy (non-hydrogen) atoms. The van der Waals surface area contributed by atoms with Crippen LogP contribution < -0.4 is 56.1 Å². The molecule has 0 saturated heterocycles. The average Bonchev–Trinajstić information content (AvgIpc) is 0. The largest absolute Gasteiger partial charge is 2.00 e. The van der Waals surface area contributed by atoms with E-state index in [1.807, 2.05) is 0 Å². The van der Waals surface area contributed by atoms with Crippen LogP contribution in [0.15, 0.2) is 0 Å². The fraction of sp³-hybridized carbons (Fsp3) is 0. The molecule has 0 N–H and O–H groups in total. The van der Waals surface area contributed by atoms with Crippen molar-refractivity contribution in [1.82, 2.24) is 0 Å². The maximum absolute atomic E-state index is 0. The first-order valence-electron chi connectivity index (χ1n) is 0. The Labute approximate surface area is 139 Å². The summed E-state index contributed by atoms with van der Waals surface area (Å²) in [6.45, 7) is 0. The Morgan fingerprint density at radius 2 is 0.667 bits per heavy atom. The van der Waals surface area contributed by atoms with E-state index in [2.05, 4.69) is 0 Å². The van der Waals surface area contributed by atoms with Crippen molar-refractivity contribution in [2.75, 3.05) is 0 Å². The van der Waals surface area contributed by atoms with E-state index < -0.39 is 0 Å². The minimum absolute atomic E-state index is 0. The van der Waals surface area contributed by atoms with Crippen LogP contribution in [0.25, 0.3) is 0 Å². The van der Waals surface area contributed by atoms with Crippen molar-refractivity contribution in [2.24, 2.45) is 0 Å². The Bertz CT molecular complexity index is 10.8. The first-order chi connectivity index (χ1) is 0. The Morgan fingerprint density at radius 1 is 0.667 bits per heavy atom. The molecule has 0 radical (unpaired) electrons. The quantitative estimate of drug-likeness (QED) is 0.389. The van der Waals surface area contributed by atoms with E-state index in [4.69, 9.17) is 0 Å². The van der Waals surface area contributed by atoms with E-state index in [9.17, 15) is 0 Å². The van der Waals surface area contributed by atoms with Crippen molar-refractivity contribution in [3.63, 3.8) is 0 Å². The zero-order valence-corrected chi connectivity index (χ0v) is 12.5. The predicted octanol–water partition coefficient (Wildman–Crippen LogP) is -12.7. The topological polar surface area (TPSA) is 0 Å². The van der Waals surface area contributed by atoms with Gasteiger partial charge in [-0.3, -0.25) is 0 Å². The summed E-state index contributed by atoms with van der Waals surface area (Å²) in [5.74, 6) is 0. The van der Waals surface area contributed by atoms with Gasteiger partial charge in [0.25, 0.3) is 0 Å². The van der Waals surface area contributed by atoms with Crippen molar-refractivity contribution >= 4 is 86.6 Å². The summed E-state index contributed by atoms with van der Waals surface area (Å²) in [6.07, 6.45) is 0. The molecule has 24 valence electrons. The van der Waals surface area contributed by atoms with Gasteiger partial charge in [0, 0.05) is 0 Å². The molecule has 0 aliphatic carbocycles. The van der Waals surface area contributed by atoms with Crippen LogP contribution in [0.2, 0.25) is 0 Å². The molecule has 0 unspecified atom stereocenters. The summed E-state index contributed by atoms with van der Waals surface area (Å²) >= 11 is 0. The molecule has 6 heteroatoms. The summed E-state index contributed by atoms with van der Waals surface area (Å²) in [5.41, 5.74) is 0. The average molecular weight is 291 g/mol. The minimum atomic E-state index is 0. The normalized spacial score (nSPS) is 0. The molecule has 0 saturated carbocycles. The molecule has 0 atom stereocenters. The van der Waals surface area contributed by atoms with E-state index in [0.29, 0.717) is 0 Å². The third-order valence-electron chi connectivity index (χ3n) is 0. The number of halogens is 3. The van der Waals surface area contributed by atoms with Gasteiger partial charge < -0.3 is 37.2 Å². The molecule has 0 rings (SSSR count). The van der Waals surface area contributed by atoms with Gasteiger partial charge in [-0.15, -0.1) is 0 Å². The third kappa shape index (κ3) is 23.9. The van der Waals surface area contributed by atoms with E-state index in [1.165, 1.54) is 0 Å². The maximum Gasteiger partial charge on any atom is 2.00 e. The summed E-state index contributed by atoms with van der Waals surface area (Å²) in [5, 5.41) is 0. The minimum Gasteiger partial charge on any atom is -1.00 e. The van der Waals surface area contributed by atoms with Gasteiger partial charge in [0.15, 0.2) is 0 Å². The van der Waals surface area contributed by atoms with E-state index in [0.717, 1.165) is 0 Å². The molecule has 0 aromatic rings. The van der Waals surface area contributed by atoms with Gasteiger partial charge in [0.05, 0.1) is 0 Å². The zero-order chi connectivity index (χ0) is 0. The molecule has 0 aliphatic rings. The van der Waals surface area contributed by atoms with Crippen LogP contribution in [-0.4, -0.2) is 86.6 Å². The van der Waals surface area contributed by atoms with Crippen molar-refractivity contribution in [1.29, 1.82) is 0 Å². The van der Waals surface area contributed by atoms with Crippen LogP contribution in [0, 0.1) is 0 Å². The van der Waals surface area contributed by atoms with Gasteiger partial charge in [-0.1, -0.05) is 0 Å². The predicted molar refractivity (Wildman–Crippen MR) is 11.5 cm³/mol. The fourth-order valence-electron chi connectivity index (χ4n) is 0. The van der Waals surface area contributed by atoms with Crippen LogP contribution in [0.5, 0.6) is 0 Å². The van der Waals surface area contributed by atoms with E-state index in [-0.39, 0.29) is 143 Å². The second-order valence-electron chi connectivity index (χ2n) is 0. The first-order valence-corrected chi connectivity index (χ1v) is 0. The molecule has 0 aliphatic heterocycles. The molecule has 0 heterocycles. The molecule has 0 aromatic heterocycles. The third-order valence-corrected chi connectivity index (χ3v) is 0. The standard InChI is InChI=1S/Ba.Ca.3ClH.Li/h;;3*1H;/q2*+2;;;;+1/p-3. The van der Waals surface area contributed by atoms with Crippen LogP contribution in [0.4, 0.5) is 0 Å². The molecule has 0 spiro atoms. The van der Waals surface area contributed by atoms with Gasteiger partial charge in [-0.25, -0.2) is 0 Å². The summed E-state index contributed by atoms with van der Waals surface area (Å²) < 4.78 is 0. The molecular formula is BaCaCl3Li+2. The first kappa shape index (κ1) is 48.2. The Balaban J connectivity index is 0. The van der Waals surface area contributed by atoms with Crippen molar-refractivity contribution in [2.45, 2.75) is 0 Å². The van der Waals surface area contributed by atoms with Crippen molar-refractivity contribution in [3.05, 3.63) is 0 Å². The maximum atomic E-state index is 0. The number of hydrogen-bond donors (Lipinski definition) is 0. The monoisotopic (exact) mass is 290 g/mol. The van der Waals surface area contributed by atoms with Gasteiger partial charge in [0.1, 0.15) is 0 Å². The van der Waals surface area contributed by atoms with Crippen molar-refractivity contribution in [3.8, 4) is 0 Å². The number of rotatable bonds is 0. The van der Waals surface area contributed by atoms with Crippen LogP contribution >= 0.6 is 0 Å². The summed E-state index contributed by atoms with van der Waals surface area (Å²) in [4.78, 5) is 0. The molecule has 0 nitrogen and oxygen atoms in total. The Morgan fingerprint density at radius 3 is 0.667 bits per heavy atom. The Hall–Kier alpha value is 4.30. The van der Waals surface area contributed by atoms with Gasteiger partial charge in [-0.05, 0) is 0 Å². The van der Waals surface area contributed by atoms with Crippen molar-refractivity contribution < 1.29 is 56.1 Å². The fourth-order valence-corrected chi connectivity index (χ4v) is 0. The molecule has 0 amide bonds. The number of hydrogen-bond acceptors (Lipinski definition) is 0. The van der Waals surface area contributed by atoms with Crippen LogP contribution in [-0.2, 0) is 0 Å². The summed E-state index contributed by atoms with van der Waals surface area (Å²) in [6, 6.07) is 0. The van der Waals surface area contributed by atoms with E-state index >= 15 is 0 Å². The second-order valence-corrected chi connectivity index (χ2v) is 0. The van der Waals surface area contributed by atoms with Gasteiger partial charge in [-0.2, -0.15) is 0 Å². The van der Waals surface area contributed by atoms with Gasteiger partial charge in [0.2, 0.25) is 0 Å². The molecule has 0 aromatic carbocycles. The SMILES string of the molecule is [Ba+2].[Ca+2].[Cl-].[Cl-].[Cl-].[Li+]. The summed E-state index contributed by atoms with van der Waals surface area (Å²) in [7, 11) is 0. The molecule has 0 bridgehead atoms. The van der Waals surface area contributed by atoms with Crippen LogP contribution in [0.1, 0.15) is 0 Å². The molecule has 0 fully saturated rings. The van der Waals surface area contributed by atoms with Gasteiger partial charge >= 0.3 is 105 Å².